The van der Waals surface area contributed by atoms with E-state index in [-0.39, 0.29) is 0 Å². The second kappa shape index (κ2) is 4.80. The van der Waals surface area contributed by atoms with E-state index in [0.29, 0.717) is 5.92 Å². The van der Waals surface area contributed by atoms with Gasteiger partial charge in [0.15, 0.2) is 0 Å². The van der Waals surface area contributed by atoms with Crippen molar-refractivity contribution in [2.75, 3.05) is 0 Å². The summed E-state index contributed by atoms with van der Waals surface area (Å²) < 4.78 is 0. The van der Waals surface area contributed by atoms with Crippen LogP contribution in [0.3, 0.4) is 0 Å². The normalized spacial score (nSPS) is 21.6. The summed E-state index contributed by atoms with van der Waals surface area (Å²) in [7, 11) is 0. The van der Waals surface area contributed by atoms with Crippen molar-refractivity contribution in [1.29, 1.82) is 0 Å². The Bertz CT molecular complexity index is 319. The molecular weight excluding hydrogens is 168 g/mol. The summed E-state index contributed by atoms with van der Waals surface area (Å²) in [5.74, 6) is 0.656. The average molecular weight is 184 g/mol. The second-order valence-electron chi connectivity index (χ2n) is 3.79. The minimum absolute atomic E-state index is 0.656. The highest BCUT2D eigenvalue weighted by atomic mass is 14.1. The molecule has 0 amide bonds. The van der Waals surface area contributed by atoms with Gasteiger partial charge in [0.2, 0.25) is 0 Å². The predicted molar refractivity (Wildman–Crippen MR) is 62.0 cm³/mol. The lowest BCUT2D eigenvalue weighted by atomic mass is 9.95. The molecule has 1 aliphatic rings. The van der Waals surface area contributed by atoms with Crippen LogP contribution in [0.2, 0.25) is 0 Å². The molecule has 0 fully saturated rings. The highest BCUT2D eigenvalue weighted by molar-refractivity contribution is 5.49. The fourth-order valence-electron chi connectivity index (χ4n) is 1.80. The van der Waals surface area contributed by atoms with Crippen molar-refractivity contribution in [3.8, 4) is 0 Å². The van der Waals surface area contributed by atoms with E-state index < -0.39 is 0 Å². The van der Waals surface area contributed by atoms with Gasteiger partial charge >= 0.3 is 0 Å². The number of allylic oxidation sites excluding steroid dienone is 3. The molecular formula is C14H16. The zero-order valence-corrected chi connectivity index (χ0v) is 8.39. The molecule has 0 N–H and O–H groups in total. The fourth-order valence-corrected chi connectivity index (χ4v) is 1.80. The third-order valence-corrected chi connectivity index (χ3v) is 2.63. The molecule has 0 aliphatic heterocycles. The first-order valence-corrected chi connectivity index (χ1v) is 5.35. The van der Waals surface area contributed by atoms with Gasteiger partial charge in [-0.3, -0.25) is 0 Å². The molecule has 0 heterocycles. The Morgan fingerprint density at radius 2 is 2.00 bits per heavy atom. The highest BCUT2D eigenvalue weighted by Crippen LogP contribution is 2.19. The van der Waals surface area contributed by atoms with Crippen LogP contribution in [0.4, 0.5) is 0 Å². The maximum Gasteiger partial charge on any atom is -0.00501 e. The summed E-state index contributed by atoms with van der Waals surface area (Å²) in [6, 6.07) is 10.5. The first kappa shape index (κ1) is 9.26. The third kappa shape index (κ3) is 2.59. The molecule has 0 radical (unpaired) electrons. The lowest BCUT2D eigenvalue weighted by molar-refractivity contribution is 0.632. The van der Waals surface area contributed by atoms with E-state index in [9.17, 15) is 0 Å². The van der Waals surface area contributed by atoms with Crippen molar-refractivity contribution in [3.63, 3.8) is 0 Å². The van der Waals surface area contributed by atoms with Gasteiger partial charge in [-0.25, -0.2) is 0 Å². The van der Waals surface area contributed by atoms with E-state index in [2.05, 4.69) is 54.6 Å². The lowest BCUT2D eigenvalue weighted by Crippen LogP contribution is -1.95. The van der Waals surface area contributed by atoms with Crippen LogP contribution in [0.25, 0.3) is 6.08 Å². The van der Waals surface area contributed by atoms with Crippen molar-refractivity contribution in [2.24, 2.45) is 5.92 Å². The molecule has 0 saturated heterocycles. The van der Waals surface area contributed by atoms with Gasteiger partial charge in [0.25, 0.3) is 0 Å². The van der Waals surface area contributed by atoms with Gasteiger partial charge in [-0.1, -0.05) is 54.6 Å². The zero-order chi connectivity index (χ0) is 9.64. The minimum Gasteiger partial charge on any atom is -0.0879 e. The van der Waals surface area contributed by atoms with Crippen molar-refractivity contribution in [3.05, 3.63) is 54.1 Å². The van der Waals surface area contributed by atoms with Crippen molar-refractivity contribution in [1.82, 2.24) is 0 Å². The van der Waals surface area contributed by atoms with Gasteiger partial charge in [-0.15, -0.1) is 0 Å². The van der Waals surface area contributed by atoms with Gasteiger partial charge in [0.1, 0.15) is 0 Å². The lowest BCUT2D eigenvalue weighted by Gasteiger charge is -2.11. The van der Waals surface area contributed by atoms with E-state index >= 15 is 0 Å². The van der Waals surface area contributed by atoms with Crippen LogP contribution in [0, 0.1) is 5.92 Å². The van der Waals surface area contributed by atoms with Crippen LogP contribution in [0.1, 0.15) is 24.8 Å². The second-order valence-corrected chi connectivity index (χ2v) is 3.79. The Kier molecular flexibility index (Phi) is 3.18. The maximum absolute atomic E-state index is 2.32. The maximum atomic E-state index is 2.32. The summed E-state index contributed by atoms with van der Waals surface area (Å²) in [6.07, 6.45) is 13.0. The van der Waals surface area contributed by atoms with Crippen LogP contribution in [-0.2, 0) is 0 Å². The molecule has 1 atom stereocenters. The summed E-state index contributed by atoms with van der Waals surface area (Å²) in [5.41, 5.74) is 1.30. The molecule has 72 valence electrons. The van der Waals surface area contributed by atoms with E-state index in [4.69, 9.17) is 0 Å². The fraction of sp³-hybridized carbons (Fsp3) is 0.286. The molecule has 0 aromatic heterocycles. The molecule has 0 saturated carbocycles. The first-order valence-electron chi connectivity index (χ1n) is 5.35. The van der Waals surface area contributed by atoms with Crippen LogP contribution in [-0.4, -0.2) is 0 Å². The molecule has 1 aromatic rings. The average Bonchev–Trinajstić information content (AvgIpc) is 2.29. The van der Waals surface area contributed by atoms with Gasteiger partial charge in [0.05, 0.1) is 0 Å². The number of rotatable bonds is 2. The molecule has 2 rings (SSSR count). The highest BCUT2D eigenvalue weighted by Gasteiger charge is 2.03. The number of hydrogen-bond acceptors (Lipinski definition) is 0. The Morgan fingerprint density at radius 3 is 2.71 bits per heavy atom. The molecule has 0 heteroatoms. The smallest absolute Gasteiger partial charge is 0.00501 e. The predicted octanol–water partition coefficient (Wildman–Crippen LogP) is 4.06. The van der Waals surface area contributed by atoms with E-state index in [1.165, 1.54) is 24.8 Å². The van der Waals surface area contributed by atoms with Gasteiger partial charge < -0.3 is 0 Å². The summed E-state index contributed by atoms with van der Waals surface area (Å²) in [6.45, 7) is 0. The molecule has 0 spiro atoms. The van der Waals surface area contributed by atoms with Crippen LogP contribution in [0.15, 0.2) is 48.6 Å². The molecule has 0 nitrogen and oxygen atoms in total. The Labute approximate surface area is 86.0 Å². The first-order chi connectivity index (χ1) is 6.95. The molecule has 1 aromatic carbocycles. The molecule has 1 aliphatic carbocycles. The summed E-state index contributed by atoms with van der Waals surface area (Å²) in [4.78, 5) is 0. The van der Waals surface area contributed by atoms with E-state index in [0.717, 1.165) is 0 Å². The summed E-state index contributed by atoms with van der Waals surface area (Å²) >= 11 is 0. The van der Waals surface area contributed by atoms with Crippen molar-refractivity contribution < 1.29 is 0 Å². The van der Waals surface area contributed by atoms with Gasteiger partial charge in [0, 0.05) is 0 Å². The summed E-state index contributed by atoms with van der Waals surface area (Å²) in [5, 5.41) is 0. The van der Waals surface area contributed by atoms with Crippen molar-refractivity contribution in [2.45, 2.75) is 19.3 Å². The SMILES string of the molecule is C1=CC(/C=C/c2ccccc2)CCC1. The molecule has 14 heavy (non-hydrogen) atoms. The van der Waals surface area contributed by atoms with E-state index in [1.807, 2.05) is 0 Å². The van der Waals surface area contributed by atoms with Gasteiger partial charge in [-0.2, -0.15) is 0 Å². The monoisotopic (exact) mass is 184 g/mol. The Hall–Kier alpha value is -1.30. The van der Waals surface area contributed by atoms with Gasteiger partial charge in [-0.05, 0) is 30.7 Å². The quantitative estimate of drug-likeness (QED) is 0.608. The Morgan fingerprint density at radius 1 is 1.14 bits per heavy atom. The molecule has 0 bridgehead atoms. The topological polar surface area (TPSA) is 0 Å². The number of benzene rings is 1. The largest absolute Gasteiger partial charge is 0.0879 e. The zero-order valence-electron chi connectivity index (χ0n) is 8.39. The standard InChI is InChI=1S/C14H16/c1-3-7-13(8-4-1)11-12-14-9-5-2-6-10-14/h1,3-5,7-9,11-12,14H,2,6,10H2/b12-11+. The Balaban J connectivity index is 1.99. The van der Waals surface area contributed by atoms with E-state index in [1.54, 1.807) is 0 Å². The van der Waals surface area contributed by atoms with Crippen molar-refractivity contribution >= 4 is 6.08 Å². The van der Waals surface area contributed by atoms with Crippen LogP contribution < -0.4 is 0 Å². The van der Waals surface area contributed by atoms with Crippen LogP contribution >= 0.6 is 0 Å². The molecule has 1 unspecified atom stereocenters. The third-order valence-electron chi connectivity index (χ3n) is 2.63. The number of hydrogen-bond donors (Lipinski definition) is 0. The minimum atomic E-state index is 0.656. The van der Waals surface area contributed by atoms with Crippen LogP contribution in [0.5, 0.6) is 0 Å².